The lowest BCUT2D eigenvalue weighted by atomic mass is 10.1. The maximum absolute atomic E-state index is 13.2. The molecule has 0 radical (unpaired) electrons. The van der Waals surface area contributed by atoms with Gasteiger partial charge in [0.25, 0.3) is 5.91 Å². The monoisotopic (exact) mass is 291 g/mol. The van der Waals surface area contributed by atoms with Crippen molar-refractivity contribution in [1.29, 1.82) is 0 Å². The number of carbonyl (C=O) groups is 1. The molecular formula is C16H15ClFNO. The first-order valence-electron chi connectivity index (χ1n) is 6.30. The maximum Gasteiger partial charge on any atom is 0.251 e. The molecule has 2 aromatic carbocycles. The Morgan fingerprint density at radius 1 is 1.20 bits per heavy atom. The highest BCUT2D eigenvalue weighted by Gasteiger charge is 2.12. The number of benzene rings is 2. The van der Waals surface area contributed by atoms with Gasteiger partial charge in [0.2, 0.25) is 0 Å². The average molecular weight is 292 g/mol. The van der Waals surface area contributed by atoms with E-state index in [1.54, 1.807) is 25.1 Å². The zero-order valence-electron chi connectivity index (χ0n) is 11.3. The van der Waals surface area contributed by atoms with E-state index in [-0.39, 0.29) is 17.8 Å². The van der Waals surface area contributed by atoms with Crippen LogP contribution in [-0.2, 0) is 0 Å². The third kappa shape index (κ3) is 3.36. The molecule has 0 aliphatic carbocycles. The van der Waals surface area contributed by atoms with E-state index in [1.165, 1.54) is 12.1 Å². The van der Waals surface area contributed by atoms with Crippen LogP contribution in [0.1, 0.15) is 34.5 Å². The fraction of sp³-hybridized carbons (Fsp3) is 0.188. The fourth-order valence-corrected chi connectivity index (χ4v) is 2.03. The Labute approximate surface area is 122 Å². The van der Waals surface area contributed by atoms with E-state index >= 15 is 0 Å². The Balaban J connectivity index is 2.10. The number of amides is 1. The van der Waals surface area contributed by atoms with E-state index in [4.69, 9.17) is 11.6 Å². The van der Waals surface area contributed by atoms with Gasteiger partial charge in [0.1, 0.15) is 5.82 Å². The molecule has 104 valence electrons. The molecule has 2 nitrogen and oxygen atoms in total. The smallest absolute Gasteiger partial charge is 0.251 e. The molecule has 0 aliphatic heterocycles. The van der Waals surface area contributed by atoms with E-state index < -0.39 is 0 Å². The normalized spacial score (nSPS) is 12.0. The second kappa shape index (κ2) is 6.06. The quantitative estimate of drug-likeness (QED) is 0.898. The fourth-order valence-electron chi connectivity index (χ4n) is 1.90. The van der Waals surface area contributed by atoms with Crippen LogP contribution in [-0.4, -0.2) is 5.91 Å². The first-order chi connectivity index (χ1) is 9.47. The van der Waals surface area contributed by atoms with E-state index in [2.05, 4.69) is 5.32 Å². The summed E-state index contributed by atoms with van der Waals surface area (Å²) in [5.41, 5.74) is 1.86. The number of nitrogens with one attached hydrogen (secondary N) is 1. The van der Waals surface area contributed by atoms with Gasteiger partial charge in [-0.05, 0) is 55.3 Å². The first kappa shape index (κ1) is 14.5. The summed E-state index contributed by atoms with van der Waals surface area (Å²) in [5, 5.41) is 3.53. The van der Waals surface area contributed by atoms with E-state index in [0.29, 0.717) is 16.1 Å². The van der Waals surface area contributed by atoms with Crippen LogP contribution >= 0.6 is 11.6 Å². The van der Waals surface area contributed by atoms with Crippen molar-refractivity contribution in [2.45, 2.75) is 19.9 Å². The molecule has 1 atom stereocenters. The molecule has 1 unspecified atom stereocenters. The van der Waals surface area contributed by atoms with Crippen molar-refractivity contribution < 1.29 is 9.18 Å². The third-order valence-electron chi connectivity index (χ3n) is 3.14. The third-order valence-corrected chi connectivity index (χ3v) is 3.39. The molecule has 0 aromatic heterocycles. The minimum atomic E-state index is -0.313. The van der Waals surface area contributed by atoms with Crippen molar-refractivity contribution in [3.8, 4) is 0 Å². The molecule has 0 spiro atoms. The predicted octanol–water partition coefficient (Wildman–Crippen LogP) is 4.28. The molecule has 1 amide bonds. The highest BCUT2D eigenvalue weighted by Crippen LogP contribution is 2.17. The zero-order valence-corrected chi connectivity index (χ0v) is 12.0. The van der Waals surface area contributed by atoms with Crippen molar-refractivity contribution in [2.75, 3.05) is 0 Å². The summed E-state index contributed by atoms with van der Waals surface area (Å²) >= 11 is 5.83. The van der Waals surface area contributed by atoms with Gasteiger partial charge >= 0.3 is 0 Å². The Hall–Kier alpha value is -1.87. The van der Waals surface area contributed by atoms with E-state index in [1.807, 2.05) is 19.1 Å². The van der Waals surface area contributed by atoms with Crippen LogP contribution in [0.4, 0.5) is 4.39 Å². The number of aryl methyl sites for hydroxylation is 1. The second-order valence-electron chi connectivity index (χ2n) is 4.71. The Morgan fingerprint density at radius 2 is 1.85 bits per heavy atom. The highest BCUT2D eigenvalue weighted by atomic mass is 35.5. The van der Waals surface area contributed by atoms with Crippen molar-refractivity contribution in [3.63, 3.8) is 0 Å². The summed E-state index contributed by atoms with van der Waals surface area (Å²) < 4.78 is 13.2. The number of hydrogen-bond donors (Lipinski definition) is 1. The number of halogens is 2. The molecule has 1 N–H and O–H groups in total. The maximum atomic E-state index is 13.2. The van der Waals surface area contributed by atoms with Crippen LogP contribution < -0.4 is 5.32 Å². The summed E-state index contributed by atoms with van der Waals surface area (Å²) in [5.74, 6) is -0.539. The molecule has 20 heavy (non-hydrogen) atoms. The van der Waals surface area contributed by atoms with Crippen LogP contribution in [0, 0.1) is 12.7 Å². The van der Waals surface area contributed by atoms with E-state index in [0.717, 1.165) is 5.56 Å². The molecule has 0 saturated heterocycles. The SMILES string of the molecule is Cc1cc(C(=O)NC(C)c2ccc(Cl)cc2)ccc1F. The van der Waals surface area contributed by atoms with Gasteiger partial charge in [0.15, 0.2) is 0 Å². The van der Waals surface area contributed by atoms with Gasteiger partial charge in [0, 0.05) is 10.6 Å². The van der Waals surface area contributed by atoms with Gasteiger partial charge in [-0.1, -0.05) is 23.7 Å². The predicted molar refractivity (Wildman–Crippen MR) is 78.5 cm³/mol. The van der Waals surface area contributed by atoms with Crippen molar-refractivity contribution >= 4 is 17.5 Å². The molecule has 0 heterocycles. The molecule has 0 aliphatic rings. The molecule has 0 bridgehead atoms. The lowest BCUT2D eigenvalue weighted by molar-refractivity contribution is 0.0939. The van der Waals surface area contributed by atoms with Gasteiger partial charge in [0.05, 0.1) is 6.04 Å². The molecule has 2 rings (SSSR count). The Bertz CT molecular complexity index is 625. The second-order valence-corrected chi connectivity index (χ2v) is 5.15. The molecule has 0 saturated carbocycles. The topological polar surface area (TPSA) is 29.1 Å². The standard InChI is InChI=1S/C16H15ClFNO/c1-10-9-13(5-8-15(10)18)16(20)19-11(2)12-3-6-14(17)7-4-12/h3-9,11H,1-2H3,(H,19,20). The lowest BCUT2D eigenvalue weighted by Crippen LogP contribution is -2.26. The molecule has 4 heteroatoms. The Kier molecular flexibility index (Phi) is 4.40. The number of hydrogen-bond acceptors (Lipinski definition) is 1. The minimum Gasteiger partial charge on any atom is -0.346 e. The summed E-state index contributed by atoms with van der Waals surface area (Å²) in [4.78, 5) is 12.1. The Morgan fingerprint density at radius 3 is 2.45 bits per heavy atom. The van der Waals surface area contributed by atoms with Gasteiger partial charge in [-0.2, -0.15) is 0 Å². The van der Waals surface area contributed by atoms with Crippen molar-refractivity contribution in [3.05, 3.63) is 70.0 Å². The summed E-state index contributed by atoms with van der Waals surface area (Å²) in [7, 11) is 0. The minimum absolute atomic E-state index is 0.148. The van der Waals surface area contributed by atoms with Gasteiger partial charge in [-0.3, -0.25) is 4.79 Å². The van der Waals surface area contributed by atoms with E-state index in [9.17, 15) is 9.18 Å². The van der Waals surface area contributed by atoms with Crippen molar-refractivity contribution in [2.24, 2.45) is 0 Å². The van der Waals surface area contributed by atoms with Crippen LogP contribution in [0.3, 0.4) is 0 Å². The number of carbonyl (C=O) groups excluding carboxylic acids is 1. The van der Waals surface area contributed by atoms with Crippen LogP contribution in [0.15, 0.2) is 42.5 Å². The largest absolute Gasteiger partial charge is 0.346 e. The van der Waals surface area contributed by atoms with Crippen LogP contribution in [0.5, 0.6) is 0 Å². The average Bonchev–Trinajstić information content (AvgIpc) is 2.42. The molecule has 0 fully saturated rings. The van der Waals surface area contributed by atoms with Crippen LogP contribution in [0.25, 0.3) is 0 Å². The first-order valence-corrected chi connectivity index (χ1v) is 6.67. The summed E-state index contributed by atoms with van der Waals surface area (Å²) in [6.45, 7) is 3.52. The molecule has 2 aromatic rings. The van der Waals surface area contributed by atoms with Gasteiger partial charge in [-0.15, -0.1) is 0 Å². The summed E-state index contributed by atoms with van der Waals surface area (Å²) in [6, 6.07) is 11.5. The van der Waals surface area contributed by atoms with Crippen LogP contribution in [0.2, 0.25) is 5.02 Å². The van der Waals surface area contributed by atoms with Gasteiger partial charge < -0.3 is 5.32 Å². The lowest BCUT2D eigenvalue weighted by Gasteiger charge is -2.14. The van der Waals surface area contributed by atoms with Crippen molar-refractivity contribution in [1.82, 2.24) is 5.32 Å². The zero-order chi connectivity index (χ0) is 14.7. The highest BCUT2D eigenvalue weighted by molar-refractivity contribution is 6.30. The summed E-state index contributed by atoms with van der Waals surface area (Å²) in [6.07, 6.45) is 0. The molecular weight excluding hydrogens is 277 g/mol. The number of rotatable bonds is 3. The van der Waals surface area contributed by atoms with Gasteiger partial charge in [-0.25, -0.2) is 4.39 Å².